The Morgan fingerprint density at radius 2 is 2.04 bits per heavy atom. The number of carbonyl (C=O) groups is 2. The Morgan fingerprint density at radius 1 is 1.21 bits per heavy atom. The minimum Gasteiger partial charge on any atom is -0.360 e. The van der Waals surface area contributed by atoms with Gasteiger partial charge in [-0.15, -0.1) is 0 Å². The van der Waals surface area contributed by atoms with Crippen molar-refractivity contribution in [3.8, 4) is 0 Å². The predicted molar refractivity (Wildman–Crippen MR) is 104 cm³/mol. The third kappa shape index (κ3) is 3.63. The van der Waals surface area contributed by atoms with Crippen LogP contribution in [0.25, 0.3) is 0 Å². The van der Waals surface area contributed by atoms with Gasteiger partial charge in [0.15, 0.2) is 11.5 Å². The average Bonchev–Trinajstić information content (AvgIpc) is 3.31. The third-order valence-electron chi connectivity index (χ3n) is 5.33. The highest BCUT2D eigenvalue weighted by Crippen LogP contribution is 2.31. The average molecular weight is 377 g/mol. The summed E-state index contributed by atoms with van der Waals surface area (Å²) >= 11 is 0. The standard InChI is InChI=1S/C22H23N3O3/c1-15-18(12-21(27)23-13-17-10-11-24-28-17)22-19(8-5-9-20(22)26)25(15)14-16-6-3-2-4-7-16/h2-4,6-7,10-11H,5,8-9,12-14H2,1H3,(H,23,27). The Labute approximate surface area is 163 Å². The van der Waals surface area contributed by atoms with Crippen LogP contribution >= 0.6 is 0 Å². The topological polar surface area (TPSA) is 77.1 Å². The van der Waals surface area contributed by atoms with Gasteiger partial charge in [-0.2, -0.15) is 0 Å². The summed E-state index contributed by atoms with van der Waals surface area (Å²) in [5.41, 5.74) is 4.86. The second kappa shape index (κ2) is 7.84. The molecule has 144 valence electrons. The number of nitrogens with one attached hydrogen (secondary N) is 1. The van der Waals surface area contributed by atoms with Crippen LogP contribution < -0.4 is 5.32 Å². The molecule has 1 aliphatic carbocycles. The lowest BCUT2D eigenvalue weighted by Gasteiger charge is -2.16. The van der Waals surface area contributed by atoms with Crippen LogP contribution in [0.2, 0.25) is 0 Å². The number of carbonyl (C=O) groups excluding carboxylic acids is 2. The first-order valence-electron chi connectivity index (χ1n) is 9.57. The van der Waals surface area contributed by atoms with Crippen molar-refractivity contribution in [1.82, 2.24) is 15.0 Å². The SMILES string of the molecule is Cc1c(CC(=O)NCc2ccno2)c2c(n1Cc1ccccc1)CCCC2=O. The van der Waals surface area contributed by atoms with Gasteiger partial charge in [0.25, 0.3) is 0 Å². The molecule has 0 atom stereocenters. The molecule has 0 bridgehead atoms. The minimum absolute atomic E-state index is 0.127. The Kier molecular flexibility index (Phi) is 5.10. The lowest BCUT2D eigenvalue weighted by Crippen LogP contribution is -2.25. The van der Waals surface area contributed by atoms with E-state index >= 15 is 0 Å². The van der Waals surface area contributed by atoms with E-state index in [1.807, 2.05) is 25.1 Å². The molecule has 2 aromatic heterocycles. The number of benzene rings is 1. The van der Waals surface area contributed by atoms with E-state index in [1.54, 1.807) is 12.3 Å². The largest absolute Gasteiger partial charge is 0.360 e. The van der Waals surface area contributed by atoms with E-state index in [2.05, 4.69) is 27.2 Å². The molecule has 0 radical (unpaired) electrons. The lowest BCUT2D eigenvalue weighted by molar-refractivity contribution is -0.120. The van der Waals surface area contributed by atoms with Crippen LogP contribution in [-0.4, -0.2) is 21.4 Å². The molecule has 0 fully saturated rings. The summed E-state index contributed by atoms with van der Waals surface area (Å²) in [4.78, 5) is 25.2. The van der Waals surface area contributed by atoms with Crippen molar-refractivity contribution < 1.29 is 14.1 Å². The molecule has 6 heteroatoms. The fourth-order valence-electron chi connectivity index (χ4n) is 3.92. The summed E-state index contributed by atoms with van der Waals surface area (Å²) in [5.74, 6) is 0.622. The number of aromatic nitrogens is 2. The van der Waals surface area contributed by atoms with Crippen molar-refractivity contribution >= 4 is 11.7 Å². The molecule has 1 N–H and O–H groups in total. The van der Waals surface area contributed by atoms with Gasteiger partial charge in [0.2, 0.25) is 5.91 Å². The second-order valence-electron chi connectivity index (χ2n) is 7.17. The number of ketones is 1. The zero-order valence-corrected chi connectivity index (χ0v) is 15.9. The van der Waals surface area contributed by atoms with Gasteiger partial charge in [-0.25, -0.2) is 0 Å². The quantitative estimate of drug-likeness (QED) is 0.716. The van der Waals surface area contributed by atoms with E-state index in [-0.39, 0.29) is 18.1 Å². The molecule has 2 heterocycles. The number of rotatable bonds is 6. The van der Waals surface area contributed by atoms with Gasteiger partial charge in [-0.3, -0.25) is 9.59 Å². The maximum Gasteiger partial charge on any atom is 0.224 e. The van der Waals surface area contributed by atoms with Crippen LogP contribution in [0.1, 0.15) is 51.5 Å². The summed E-state index contributed by atoms with van der Waals surface area (Å²) in [6.07, 6.45) is 4.02. The predicted octanol–water partition coefficient (Wildman–Crippen LogP) is 3.21. The molecule has 0 saturated carbocycles. The van der Waals surface area contributed by atoms with Gasteiger partial charge >= 0.3 is 0 Å². The zero-order chi connectivity index (χ0) is 19.5. The van der Waals surface area contributed by atoms with Crippen molar-refractivity contribution in [1.29, 1.82) is 0 Å². The molecule has 0 unspecified atom stereocenters. The van der Waals surface area contributed by atoms with Gasteiger partial charge in [0, 0.05) is 36.0 Å². The monoisotopic (exact) mass is 377 g/mol. The first-order valence-corrected chi connectivity index (χ1v) is 9.57. The van der Waals surface area contributed by atoms with Crippen LogP contribution in [0.15, 0.2) is 47.1 Å². The second-order valence-corrected chi connectivity index (χ2v) is 7.17. The number of Topliss-reactive ketones (excluding diaryl/α,β-unsaturated/α-hetero) is 1. The number of nitrogens with zero attached hydrogens (tertiary/aromatic N) is 2. The van der Waals surface area contributed by atoms with Crippen molar-refractivity contribution in [3.05, 3.63) is 76.4 Å². The summed E-state index contributed by atoms with van der Waals surface area (Å²) in [6, 6.07) is 11.9. The Morgan fingerprint density at radius 3 is 2.79 bits per heavy atom. The van der Waals surface area contributed by atoms with Gasteiger partial charge in [-0.1, -0.05) is 35.5 Å². The molecule has 6 nitrogen and oxygen atoms in total. The molecule has 0 saturated heterocycles. The third-order valence-corrected chi connectivity index (χ3v) is 5.33. The molecule has 0 spiro atoms. The summed E-state index contributed by atoms with van der Waals surface area (Å²) < 4.78 is 7.22. The highest BCUT2D eigenvalue weighted by Gasteiger charge is 2.29. The molecule has 1 aliphatic rings. The Balaban J connectivity index is 1.61. The van der Waals surface area contributed by atoms with Crippen LogP contribution in [0.5, 0.6) is 0 Å². The van der Waals surface area contributed by atoms with E-state index in [1.165, 1.54) is 5.56 Å². The fraction of sp³-hybridized carbons (Fsp3) is 0.318. The summed E-state index contributed by atoms with van der Waals surface area (Å²) in [7, 11) is 0. The zero-order valence-electron chi connectivity index (χ0n) is 15.9. The molecule has 1 amide bonds. The highest BCUT2D eigenvalue weighted by molar-refractivity contribution is 6.01. The van der Waals surface area contributed by atoms with Gasteiger partial charge in [0.05, 0.1) is 19.2 Å². The summed E-state index contributed by atoms with van der Waals surface area (Å²) in [6.45, 7) is 3.01. The Bertz CT molecular complexity index is 988. The van der Waals surface area contributed by atoms with Crippen molar-refractivity contribution in [2.75, 3.05) is 0 Å². The van der Waals surface area contributed by atoms with E-state index in [0.29, 0.717) is 25.3 Å². The number of hydrogen-bond acceptors (Lipinski definition) is 4. The molecular formula is C22H23N3O3. The number of fused-ring (bicyclic) bond motifs is 1. The number of hydrogen-bond donors (Lipinski definition) is 1. The van der Waals surface area contributed by atoms with Gasteiger partial charge in [-0.05, 0) is 30.9 Å². The van der Waals surface area contributed by atoms with E-state index < -0.39 is 0 Å². The molecule has 3 aromatic rings. The molecule has 1 aromatic carbocycles. The van der Waals surface area contributed by atoms with Crippen molar-refractivity contribution in [2.24, 2.45) is 0 Å². The van der Waals surface area contributed by atoms with Gasteiger partial charge < -0.3 is 14.4 Å². The van der Waals surface area contributed by atoms with E-state index in [4.69, 9.17) is 4.52 Å². The van der Waals surface area contributed by atoms with Crippen molar-refractivity contribution in [3.63, 3.8) is 0 Å². The molecule has 4 rings (SSSR count). The molecule has 0 aliphatic heterocycles. The lowest BCUT2D eigenvalue weighted by atomic mass is 9.92. The van der Waals surface area contributed by atoms with Crippen molar-refractivity contribution in [2.45, 2.75) is 45.7 Å². The molecular weight excluding hydrogens is 354 g/mol. The summed E-state index contributed by atoms with van der Waals surface area (Å²) in [5, 5.41) is 6.48. The molecule has 28 heavy (non-hydrogen) atoms. The van der Waals surface area contributed by atoms with Crippen LogP contribution in [0, 0.1) is 6.92 Å². The minimum atomic E-state index is -0.127. The highest BCUT2D eigenvalue weighted by atomic mass is 16.5. The van der Waals surface area contributed by atoms with Gasteiger partial charge in [0.1, 0.15) is 0 Å². The van der Waals surface area contributed by atoms with E-state index in [9.17, 15) is 9.59 Å². The maximum absolute atomic E-state index is 12.7. The van der Waals surface area contributed by atoms with E-state index in [0.717, 1.165) is 35.4 Å². The Hall–Kier alpha value is -3.15. The first kappa shape index (κ1) is 18.2. The maximum atomic E-state index is 12.7. The normalized spacial score (nSPS) is 13.4. The fourth-order valence-corrected chi connectivity index (χ4v) is 3.92. The van der Waals surface area contributed by atoms with Crippen LogP contribution in [-0.2, 0) is 30.7 Å². The smallest absolute Gasteiger partial charge is 0.224 e. The van der Waals surface area contributed by atoms with Crippen LogP contribution in [0.3, 0.4) is 0 Å². The number of amides is 1. The van der Waals surface area contributed by atoms with Crippen LogP contribution in [0.4, 0.5) is 0 Å². The first-order chi connectivity index (χ1) is 13.6.